The van der Waals surface area contributed by atoms with Gasteiger partial charge < -0.3 is 114 Å². The fourth-order valence-corrected chi connectivity index (χ4v) is 9.57. The fourth-order valence-electron chi connectivity index (χ4n) is 9.57. The van der Waals surface area contributed by atoms with Gasteiger partial charge in [-0.1, -0.05) is 0 Å². The fraction of sp³-hybridized carbons (Fsp3) is 0.364. The van der Waals surface area contributed by atoms with Crippen LogP contribution in [0.4, 0.5) is 0 Å². The molecule has 0 unspecified atom stereocenters. The minimum atomic E-state index is -2.46. The minimum absolute atomic E-state index is 0.00272. The molecule has 0 bridgehead atoms. The standard InChI is InChI=1S/C66H74O30/c1-73-39-19-33(20-40(74-2)53(39)85-13)61(67)91-31-51(93-63(69)35-23-43(77-5)55(87-15)44(24-35)78-6)59(95-65(71)37-27-47(81-9)57(89-17)48(28-37)82-10)60(96-66(72)38-29-49(83-11)58(90-18)50(30-38)84-12)52(94-64(70)36-25-45(79-7)56(88-16)46(26-36)80-8)32-92-62(68)34-21-41(75-3)54(86-14)42(22-34)76-4/h19-30,51-52,59-60H,31-32H2,1-18H3/t51-,52+,59+,60-. The Morgan fingerprint density at radius 1 is 0.219 bits per heavy atom. The van der Waals surface area contributed by atoms with Crippen molar-refractivity contribution in [1.29, 1.82) is 0 Å². The molecule has 0 radical (unpaired) electrons. The van der Waals surface area contributed by atoms with Crippen molar-refractivity contribution in [3.8, 4) is 103 Å². The van der Waals surface area contributed by atoms with Crippen molar-refractivity contribution in [2.45, 2.75) is 24.4 Å². The normalized spacial score (nSPS) is 11.8. The number of ether oxygens (including phenoxy) is 24. The zero-order valence-corrected chi connectivity index (χ0v) is 55.9. The third-order valence-electron chi connectivity index (χ3n) is 14.2. The first-order valence-corrected chi connectivity index (χ1v) is 28.2. The van der Waals surface area contributed by atoms with Crippen LogP contribution in [0.5, 0.6) is 103 Å². The molecule has 4 atom stereocenters. The van der Waals surface area contributed by atoms with E-state index in [4.69, 9.17) is 114 Å². The van der Waals surface area contributed by atoms with Gasteiger partial charge in [-0.3, -0.25) is 0 Å². The van der Waals surface area contributed by atoms with Crippen LogP contribution in [0.15, 0.2) is 72.8 Å². The molecule has 96 heavy (non-hydrogen) atoms. The van der Waals surface area contributed by atoms with Crippen LogP contribution >= 0.6 is 0 Å². The number of benzene rings is 6. The first-order valence-electron chi connectivity index (χ1n) is 28.2. The summed E-state index contributed by atoms with van der Waals surface area (Å²) in [7, 11) is 23.3. The molecule has 0 N–H and O–H groups in total. The SMILES string of the molecule is COc1cc(C(=O)OC[C@H](OC(=O)c2cc(OC)c(OC)c(OC)c2)[C@@H](OC(=O)c2cc(OC)c(OC)c(OC)c2)[C@@H](OC(=O)c2cc(OC)c(OC)c(OC)c2)[C@@H](COC(=O)c2cc(OC)c(OC)c(OC)c2)OC(=O)c2cc(OC)c(OC)c(OC)c2)cc(OC)c1OC. The Balaban J connectivity index is 1.75. The first kappa shape index (κ1) is 73.6. The van der Waals surface area contributed by atoms with E-state index in [1.54, 1.807) is 0 Å². The second-order valence-corrected chi connectivity index (χ2v) is 19.3. The van der Waals surface area contributed by atoms with Crippen molar-refractivity contribution >= 4 is 35.8 Å². The summed E-state index contributed by atoms with van der Waals surface area (Å²) in [4.78, 5) is 90.7. The maximum atomic E-state index is 15.5. The summed E-state index contributed by atoms with van der Waals surface area (Å²) in [5, 5.41) is 0. The van der Waals surface area contributed by atoms with Crippen LogP contribution in [0.3, 0.4) is 0 Å². The summed E-state index contributed by atoms with van der Waals surface area (Å²) >= 11 is 0. The summed E-state index contributed by atoms with van der Waals surface area (Å²) in [6.45, 7) is -2.34. The molecule has 30 heteroatoms. The van der Waals surface area contributed by atoms with E-state index in [1.165, 1.54) is 201 Å². The summed E-state index contributed by atoms with van der Waals surface area (Å²) in [6.07, 6.45) is -9.48. The highest BCUT2D eigenvalue weighted by Gasteiger charge is 2.47. The molecule has 0 fully saturated rings. The molecule has 6 aromatic carbocycles. The molecule has 518 valence electrons. The van der Waals surface area contributed by atoms with Crippen LogP contribution in [0.25, 0.3) is 0 Å². The lowest BCUT2D eigenvalue weighted by atomic mass is 10.0. The lowest BCUT2D eigenvalue weighted by Gasteiger charge is -2.36. The second-order valence-electron chi connectivity index (χ2n) is 19.3. The van der Waals surface area contributed by atoms with Crippen LogP contribution in [0, 0.1) is 0 Å². The van der Waals surface area contributed by atoms with Gasteiger partial charge in [-0.2, -0.15) is 0 Å². The van der Waals surface area contributed by atoms with E-state index in [9.17, 15) is 9.59 Å². The van der Waals surface area contributed by atoms with Gasteiger partial charge in [-0.25, -0.2) is 28.8 Å². The lowest BCUT2D eigenvalue weighted by Crippen LogP contribution is -2.54. The average molecular weight is 1350 g/mol. The van der Waals surface area contributed by atoms with Gasteiger partial charge in [-0.15, -0.1) is 0 Å². The van der Waals surface area contributed by atoms with E-state index in [0.29, 0.717) is 0 Å². The molecule has 0 aliphatic carbocycles. The van der Waals surface area contributed by atoms with E-state index in [0.717, 1.165) is 0 Å². The predicted molar refractivity (Wildman–Crippen MR) is 334 cm³/mol. The third-order valence-corrected chi connectivity index (χ3v) is 14.2. The van der Waals surface area contributed by atoms with Gasteiger partial charge in [0.2, 0.25) is 34.5 Å². The Hall–Kier alpha value is -11.5. The molecule has 0 saturated carbocycles. The quantitative estimate of drug-likeness (QED) is 0.0271. The van der Waals surface area contributed by atoms with E-state index < -0.39 is 73.4 Å². The highest BCUT2D eigenvalue weighted by Crippen LogP contribution is 2.45. The summed E-state index contributed by atoms with van der Waals surface area (Å²) in [5.41, 5.74) is -1.93. The average Bonchev–Trinajstić information content (AvgIpc) is 0.838. The molecule has 0 heterocycles. The van der Waals surface area contributed by atoms with Gasteiger partial charge in [0.1, 0.15) is 13.2 Å². The maximum absolute atomic E-state index is 15.5. The van der Waals surface area contributed by atoms with Crippen LogP contribution in [0.1, 0.15) is 62.1 Å². The van der Waals surface area contributed by atoms with Crippen molar-refractivity contribution in [1.82, 2.24) is 0 Å². The Kier molecular flexibility index (Phi) is 26.4. The summed E-state index contributed by atoms with van der Waals surface area (Å²) < 4.78 is 137. The van der Waals surface area contributed by atoms with Gasteiger partial charge in [0.15, 0.2) is 93.4 Å². The molecule has 0 aliphatic heterocycles. The number of esters is 6. The Labute approximate surface area is 551 Å². The van der Waals surface area contributed by atoms with Gasteiger partial charge in [0.05, 0.1) is 161 Å². The molecule has 0 spiro atoms. The zero-order chi connectivity index (χ0) is 70.5. The number of carbonyl (C=O) groups is 6. The third kappa shape index (κ3) is 16.5. The van der Waals surface area contributed by atoms with Crippen LogP contribution in [0.2, 0.25) is 0 Å². The van der Waals surface area contributed by atoms with Gasteiger partial charge in [-0.05, 0) is 72.8 Å². The Morgan fingerprint density at radius 2 is 0.365 bits per heavy atom. The number of hydrogen-bond donors (Lipinski definition) is 0. The van der Waals surface area contributed by atoms with Crippen molar-refractivity contribution in [2.24, 2.45) is 0 Å². The van der Waals surface area contributed by atoms with Crippen molar-refractivity contribution in [3.63, 3.8) is 0 Å². The molecular formula is C66H74O30. The largest absolute Gasteiger partial charge is 0.493 e. The summed E-state index contributed by atoms with van der Waals surface area (Å²) in [6, 6.07) is 14.5. The lowest BCUT2D eigenvalue weighted by molar-refractivity contribution is -0.138. The highest BCUT2D eigenvalue weighted by molar-refractivity contribution is 5.95. The number of hydrogen-bond acceptors (Lipinski definition) is 30. The molecule has 6 rings (SSSR count). The van der Waals surface area contributed by atoms with Gasteiger partial charge in [0.25, 0.3) is 0 Å². The van der Waals surface area contributed by atoms with E-state index in [2.05, 4.69) is 0 Å². The van der Waals surface area contributed by atoms with Gasteiger partial charge >= 0.3 is 35.8 Å². The molecule has 30 nitrogen and oxygen atoms in total. The monoisotopic (exact) mass is 1350 g/mol. The molecular weight excluding hydrogens is 1270 g/mol. The van der Waals surface area contributed by atoms with Crippen LogP contribution in [-0.4, -0.2) is 201 Å². The number of carbonyl (C=O) groups excluding carboxylic acids is 6. The van der Waals surface area contributed by atoms with Crippen molar-refractivity contribution in [3.05, 3.63) is 106 Å². The van der Waals surface area contributed by atoms with Gasteiger partial charge in [0, 0.05) is 0 Å². The van der Waals surface area contributed by atoms with Crippen molar-refractivity contribution < 1.29 is 142 Å². The maximum Gasteiger partial charge on any atom is 0.338 e. The summed E-state index contributed by atoms with van der Waals surface area (Å²) in [5.74, 6) is -7.87. The van der Waals surface area contributed by atoms with Crippen LogP contribution < -0.4 is 85.3 Å². The Morgan fingerprint density at radius 3 is 0.510 bits per heavy atom. The topological polar surface area (TPSA) is 324 Å². The number of methoxy groups -OCH3 is 18. The second kappa shape index (κ2) is 34.4. The molecule has 0 aliphatic rings. The molecule has 6 aromatic rings. The van der Waals surface area contributed by atoms with E-state index in [1.807, 2.05) is 0 Å². The molecule has 0 amide bonds. The predicted octanol–water partition coefficient (Wildman–Crippen LogP) is 7.76. The number of rotatable bonds is 35. The Bertz CT molecular complexity index is 3360. The highest BCUT2D eigenvalue weighted by atomic mass is 16.7. The van der Waals surface area contributed by atoms with Crippen molar-refractivity contribution in [2.75, 3.05) is 141 Å². The molecule has 0 aromatic heterocycles. The van der Waals surface area contributed by atoms with Crippen LogP contribution in [-0.2, 0) is 28.4 Å². The minimum Gasteiger partial charge on any atom is -0.493 e. The van der Waals surface area contributed by atoms with E-state index >= 15 is 19.2 Å². The first-order chi connectivity index (χ1) is 46.2. The van der Waals surface area contributed by atoms with E-state index in [-0.39, 0.29) is 137 Å². The zero-order valence-electron chi connectivity index (χ0n) is 55.9. The molecule has 0 saturated heterocycles. The smallest absolute Gasteiger partial charge is 0.338 e.